The van der Waals surface area contributed by atoms with E-state index in [0.29, 0.717) is 28.7 Å². The molecular weight excluding hydrogens is 400 g/mol. The topological polar surface area (TPSA) is 112 Å². The fourth-order valence-corrected chi connectivity index (χ4v) is 4.41. The number of carboxylic acid groups (broad SMARTS) is 1. The number of nitrogens with zero attached hydrogens (tertiary/aromatic N) is 2. The molecule has 8 nitrogen and oxygen atoms in total. The third kappa shape index (κ3) is 4.20. The maximum absolute atomic E-state index is 13.0. The summed E-state index contributed by atoms with van der Waals surface area (Å²) in [6, 6.07) is 7.06. The number of Topliss-reactive ketones (excluding diaryl/α,β-unsaturated/α-hetero) is 1. The Labute approximate surface area is 180 Å². The van der Waals surface area contributed by atoms with E-state index in [4.69, 9.17) is 9.47 Å². The number of ketones is 1. The maximum atomic E-state index is 13.0. The van der Waals surface area contributed by atoms with Crippen molar-refractivity contribution in [2.45, 2.75) is 57.1 Å². The number of anilines is 1. The second-order valence-electron chi connectivity index (χ2n) is 7.87. The molecule has 0 saturated heterocycles. The molecule has 0 amide bonds. The number of ether oxygens (including phenoxy) is 2. The fourth-order valence-electron chi connectivity index (χ4n) is 4.41. The fraction of sp³-hybridized carbons (Fsp3) is 0.435. The number of carbonyl (C=O) groups excluding carboxylic acids is 1. The summed E-state index contributed by atoms with van der Waals surface area (Å²) in [7, 11) is 0. The predicted octanol–water partition coefficient (Wildman–Crippen LogP) is 3.93. The van der Waals surface area contributed by atoms with Gasteiger partial charge < -0.3 is 24.9 Å². The van der Waals surface area contributed by atoms with E-state index in [9.17, 15) is 19.9 Å². The van der Waals surface area contributed by atoms with E-state index in [2.05, 4.69) is 4.98 Å². The van der Waals surface area contributed by atoms with Crippen molar-refractivity contribution in [3.8, 4) is 11.5 Å². The van der Waals surface area contributed by atoms with E-state index >= 15 is 0 Å². The van der Waals surface area contributed by atoms with Gasteiger partial charge in [-0.05, 0) is 62.4 Å². The van der Waals surface area contributed by atoms with Crippen LogP contribution in [0.5, 0.6) is 11.5 Å². The summed E-state index contributed by atoms with van der Waals surface area (Å²) in [6.45, 7) is 2.25. The monoisotopic (exact) mass is 425 g/mol. The number of carboxylic acids is 1. The van der Waals surface area contributed by atoms with Gasteiger partial charge in [-0.1, -0.05) is 6.07 Å². The quantitative estimate of drug-likeness (QED) is 0.677. The van der Waals surface area contributed by atoms with Crippen LogP contribution < -0.4 is 14.5 Å². The summed E-state index contributed by atoms with van der Waals surface area (Å²) in [5, 5.41) is 23.0. The van der Waals surface area contributed by atoms with Gasteiger partial charge in [0.2, 0.25) is 5.78 Å². The highest BCUT2D eigenvalue weighted by molar-refractivity contribution is 6.10. The van der Waals surface area contributed by atoms with E-state index in [1.54, 1.807) is 24.3 Å². The molecule has 4 rings (SSSR count). The number of pyridine rings is 1. The Morgan fingerprint density at radius 3 is 2.74 bits per heavy atom. The number of hydrogen-bond donors (Lipinski definition) is 1. The van der Waals surface area contributed by atoms with Crippen LogP contribution in [0.25, 0.3) is 0 Å². The number of rotatable bonds is 8. The first-order chi connectivity index (χ1) is 15.0. The van der Waals surface area contributed by atoms with Gasteiger partial charge in [0.05, 0.1) is 30.9 Å². The molecule has 2 aliphatic rings. The molecular formula is C23H25N2O6-. The molecule has 2 heterocycles. The summed E-state index contributed by atoms with van der Waals surface area (Å²) in [4.78, 5) is 28.6. The van der Waals surface area contributed by atoms with Gasteiger partial charge in [-0.3, -0.25) is 14.6 Å². The van der Waals surface area contributed by atoms with Crippen molar-refractivity contribution in [2.24, 2.45) is 0 Å². The maximum Gasteiger partial charge on any atom is 0.304 e. The van der Waals surface area contributed by atoms with Crippen LogP contribution in [-0.4, -0.2) is 40.6 Å². The van der Waals surface area contributed by atoms with Gasteiger partial charge >= 0.3 is 5.97 Å². The minimum atomic E-state index is -1.20. The second kappa shape index (κ2) is 8.93. The molecule has 2 unspecified atom stereocenters. The lowest BCUT2D eigenvalue weighted by Gasteiger charge is -2.36. The first kappa shape index (κ1) is 21.1. The van der Waals surface area contributed by atoms with E-state index in [0.717, 1.165) is 25.7 Å². The molecule has 8 heteroatoms. The number of aliphatic carboxylic acids is 1. The molecule has 0 spiro atoms. The minimum Gasteiger partial charge on any atom is -0.758 e. The van der Waals surface area contributed by atoms with Crippen LogP contribution in [0.3, 0.4) is 0 Å². The number of hydrogen-bond acceptors (Lipinski definition) is 7. The first-order valence-corrected chi connectivity index (χ1v) is 10.6. The normalized spacial score (nSPS) is 19.4. The van der Waals surface area contributed by atoms with Crippen LogP contribution in [0.2, 0.25) is 0 Å². The highest BCUT2D eigenvalue weighted by Gasteiger charge is 2.40. The summed E-state index contributed by atoms with van der Waals surface area (Å²) in [6.07, 6.45) is 5.44. The van der Waals surface area contributed by atoms with Crippen molar-refractivity contribution >= 4 is 17.4 Å². The molecule has 1 N–H and O–H groups in total. The van der Waals surface area contributed by atoms with Crippen LogP contribution in [0.1, 0.15) is 61.0 Å². The van der Waals surface area contributed by atoms with Gasteiger partial charge in [-0.25, -0.2) is 0 Å². The largest absolute Gasteiger partial charge is 0.758 e. The van der Waals surface area contributed by atoms with Crippen molar-refractivity contribution in [3.05, 3.63) is 53.0 Å². The molecule has 0 bridgehead atoms. The van der Waals surface area contributed by atoms with Crippen molar-refractivity contribution in [1.29, 1.82) is 0 Å². The number of benzene rings is 1. The van der Waals surface area contributed by atoms with Crippen LogP contribution in [0, 0.1) is 5.21 Å². The average Bonchev–Trinajstić information content (AvgIpc) is 3.35. The zero-order valence-electron chi connectivity index (χ0n) is 17.3. The van der Waals surface area contributed by atoms with Crippen LogP contribution in [0.4, 0.5) is 5.69 Å². The number of aromatic nitrogens is 1. The molecule has 0 radical (unpaired) electrons. The van der Waals surface area contributed by atoms with Crippen LogP contribution in [-0.2, 0) is 4.79 Å². The number of hydroxylamine groups is 1. The molecule has 2 aromatic rings. The van der Waals surface area contributed by atoms with E-state index < -0.39 is 23.7 Å². The summed E-state index contributed by atoms with van der Waals surface area (Å²) < 4.78 is 11.9. The van der Waals surface area contributed by atoms with Gasteiger partial charge in [-0.2, -0.15) is 0 Å². The SMILES string of the molecule is CCOc1cc(C(CC(=O)O)C2C(=O)c3ncccc3N2[O-])ccc1OC1CCCC1. The standard InChI is InChI=1S/C23H25N2O6/c1-2-30-19-12-14(9-10-18(19)31-15-6-3-4-7-15)16(13-20(26)27)22-23(28)21-17(25(22)29)8-5-11-24-21/h5,8-12,15-16,22H,2-4,6-7,13H2,1H3,(H,26,27)/q-1. The van der Waals surface area contributed by atoms with Crippen molar-refractivity contribution < 1.29 is 24.2 Å². The Morgan fingerprint density at radius 1 is 1.29 bits per heavy atom. The van der Waals surface area contributed by atoms with Gasteiger partial charge in [0.15, 0.2) is 11.5 Å². The molecule has 1 fully saturated rings. The minimum absolute atomic E-state index is 0.0732. The number of fused-ring (bicyclic) bond motifs is 1. The second-order valence-corrected chi connectivity index (χ2v) is 7.87. The summed E-state index contributed by atoms with van der Waals surface area (Å²) in [5.41, 5.74) is 0.778. The molecule has 1 aromatic carbocycles. The average molecular weight is 425 g/mol. The Hall–Kier alpha value is -3.13. The molecule has 1 aromatic heterocycles. The molecule has 2 atom stereocenters. The molecule has 31 heavy (non-hydrogen) atoms. The van der Waals surface area contributed by atoms with Crippen molar-refractivity contribution in [3.63, 3.8) is 0 Å². The van der Waals surface area contributed by atoms with Gasteiger partial charge in [0.25, 0.3) is 0 Å². The molecule has 1 aliphatic heterocycles. The lowest BCUT2D eigenvalue weighted by atomic mass is 9.86. The van der Waals surface area contributed by atoms with Gasteiger partial charge in [0, 0.05) is 12.1 Å². The Morgan fingerprint density at radius 2 is 2.06 bits per heavy atom. The highest BCUT2D eigenvalue weighted by Crippen LogP contribution is 2.41. The molecule has 1 saturated carbocycles. The van der Waals surface area contributed by atoms with Crippen LogP contribution in [0.15, 0.2) is 36.5 Å². The summed E-state index contributed by atoms with van der Waals surface area (Å²) in [5.74, 6) is -1.36. The summed E-state index contributed by atoms with van der Waals surface area (Å²) >= 11 is 0. The van der Waals surface area contributed by atoms with Gasteiger partial charge in [0.1, 0.15) is 5.69 Å². The van der Waals surface area contributed by atoms with E-state index in [1.807, 2.05) is 6.92 Å². The van der Waals surface area contributed by atoms with Gasteiger partial charge in [-0.15, -0.1) is 0 Å². The zero-order valence-corrected chi connectivity index (χ0v) is 17.3. The molecule has 164 valence electrons. The smallest absolute Gasteiger partial charge is 0.304 e. The Kier molecular flexibility index (Phi) is 6.08. The lowest BCUT2D eigenvalue weighted by Crippen LogP contribution is -2.38. The van der Waals surface area contributed by atoms with Crippen molar-refractivity contribution in [2.75, 3.05) is 11.7 Å². The van der Waals surface area contributed by atoms with Crippen molar-refractivity contribution in [1.82, 2.24) is 4.98 Å². The number of carbonyl (C=O) groups is 2. The lowest BCUT2D eigenvalue weighted by molar-refractivity contribution is -0.137. The predicted molar refractivity (Wildman–Crippen MR) is 114 cm³/mol. The zero-order chi connectivity index (χ0) is 22.0. The van der Waals surface area contributed by atoms with E-state index in [1.165, 1.54) is 12.3 Å². The Balaban J connectivity index is 1.68. The van der Waals surface area contributed by atoms with Crippen LogP contribution >= 0.6 is 0 Å². The third-order valence-electron chi connectivity index (χ3n) is 5.85. The van der Waals surface area contributed by atoms with E-state index in [-0.39, 0.29) is 23.9 Å². The Bertz CT molecular complexity index is 972. The molecule has 1 aliphatic carbocycles. The first-order valence-electron chi connectivity index (χ1n) is 10.6. The third-order valence-corrected chi connectivity index (χ3v) is 5.85. The highest BCUT2D eigenvalue weighted by atomic mass is 16.5.